The lowest BCUT2D eigenvalue weighted by Crippen LogP contribution is -2.24. The molecule has 3 heterocycles. The van der Waals surface area contributed by atoms with Gasteiger partial charge >= 0.3 is 0 Å². The fourth-order valence-electron chi connectivity index (χ4n) is 5.84. The first kappa shape index (κ1) is 34.2. The zero-order chi connectivity index (χ0) is 33.6. The Labute approximate surface area is 287 Å². The molecule has 0 aliphatic heterocycles. The lowest BCUT2D eigenvalue weighted by atomic mass is 10.1. The van der Waals surface area contributed by atoms with Crippen LogP contribution in [0.15, 0.2) is 97.3 Å². The zero-order valence-electron chi connectivity index (χ0n) is 28.9. The van der Waals surface area contributed by atoms with E-state index in [9.17, 15) is 0 Å². The molecule has 0 saturated heterocycles. The van der Waals surface area contributed by atoms with Gasteiger partial charge in [0.05, 0.1) is 22.8 Å². The molecule has 0 spiro atoms. The van der Waals surface area contributed by atoms with Crippen LogP contribution in [-0.4, -0.2) is 46.1 Å². The second kappa shape index (κ2) is 17.7. The van der Waals surface area contributed by atoms with Crippen molar-refractivity contribution in [2.45, 2.75) is 53.4 Å². The van der Waals surface area contributed by atoms with Crippen LogP contribution in [0, 0.1) is 0 Å². The van der Waals surface area contributed by atoms with Crippen molar-refractivity contribution in [1.29, 1.82) is 0 Å². The molecule has 0 aliphatic carbocycles. The minimum Gasteiger partial charge on any atom is -0.372 e. The van der Waals surface area contributed by atoms with E-state index >= 15 is 0 Å². The Hall–Kier alpha value is -5.10. The van der Waals surface area contributed by atoms with E-state index in [4.69, 9.17) is 9.97 Å². The number of rotatable bonds is 16. The average Bonchev–Trinajstić information content (AvgIpc) is 3.14. The molecule has 2 aromatic carbocycles. The second-order valence-electron chi connectivity index (χ2n) is 11.9. The van der Waals surface area contributed by atoms with E-state index < -0.39 is 0 Å². The first-order valence-electron chi connectivity index (χ1n) is 17.4. The van der Waals surface area contributed by atoms with E-state index in [1.54, 1.807) is 12.4 Å². The molecule has 0 N–H and O–H groups in total. The quantitative estimate of drug-likeness (QED) is 0.107. The summed E-state index contributed by atoms with van der Waals surface area (Å²) in [6.45, 7) is 13.2. The Balaban J connectivity index is 1.52. The third kappa shape index (κ3) is 9.03. The Bertz CT molecular complexity index is 1600. The van der Waals surface area contributed by atoms with E-state index in [0.29, 0.717) is 0 Å². The molecular weight excluding hydrogens is 589 g/mol. The van der Waals surface area contributed by atoms with Gasteiger partial charge in [0.25, 0.3) is 0 Å². The van der Waals surface area contributed by atoms with Crippen LogP contribution < -0.4 is 9.80 Å². The van der Waals surface area contributed by atoms with Gasteiger partial charge in [-0.15, -0.1) is 0 Å². The molecule has 3 aromatic heterocycles. The zero-order valence-corrected chi connectivity index (χ0v) is 28.9. The summed E-state index contributed by atoms with van der Waals surface area (Å²) >= 11 is 0. The maximum Gasteiger partial charge on any atom is 0.115 e. The van der Waals surface area contributed by atoms with E-state index in [-0.39, 0.29) is 0 Å². The van der Waals surface area contributed by atoms with Crippen LogP contribution in [0.25, 0.3) is 47.1 Å². The predicted octanol–water partition coefficient (Wildman–Crippen LogP) is 10.2. The van der Waals surface area contributed by atoms with Crippen molar-refractivity contribution in [1.82, 2.24) is 19.9 Å². The maximum atomic E-state index is 5.20. The molecule has 0 bridgehead atoms. The summed E-state index contributed by atoms with van der Waals surface area (Å²) in [6, 6.07) is 29.3. The Kier molecular flexibility index (Phi) is 12.6. The van der Waals surface area contributed by atoms with E-state index in [1.165, 1.54) is 11.4 Å². The van der Waals surface area contributed by atoms with Crippen molar-refractivity contribution in [3.63, 3.8) is 0 Å². The second-order valence-corrected chi connectivity index (χ2v) is 11.9. The highest BCUT2D eigenvalue weighted by molar-refractivity contribution is 5.82. The van der Waals surface area contributed by atoms with Crippen molar-refractivity contribution in [3.8, 4) is 22.8 Å². The minimum atomic E-state index is 0.727. The highest BCUT2D eigenvalue weighted by atomic mass is 15.1. The standard InChI is InChI=1S/C42H48N6/c1-5-29-47(30-6-2)35-21-15-33(16-22-35)19-25-39-41(37-13-9-11-27-43-37)46-40(42(45-39)38-14-10-12-28-44-38)26-20-34-17-23-36(24-18-34)48(31-7-3)32-8-4/h9-28H,5-8,29-32H2,1-4H3/b25-19+,26-20+. The first-order chi connectivity index (χ1) is 23.6. The molecular formula is C42H48N6. The number of aromatic nitrogens is 4. The molecule has 0 atom stereocenters. The molecule has 0 unspecified atom stereocenters. The lowest BCUT2D eigenvalue weighted by molar-refractivity contribution is 0.745. The summed E-state index contributed by atoms with van der Waals surface area (Å²) in [5.41, 5.74) is 9.19. The molecule has 6 nitrogen and oxygen atoms in total. The SMILES string of the molecule is CCCN(CCC)c1ccc(/C=C/c2nc(-c3ccccn3)c(/C=C/c3ccc(N(CCC)CCC)cc3)nc2-c2ccccn2)cc1. The van der Waals surface area contributed by atoms with Gasteiger partial charge in [-0.25, -0.2) is 9.97 Å². The molecule has 0 aliphatic rings. The molecule has 5 aromatic rings. The van der Waals surface area contributed by atoms with Gasteiger partial charge in [-0.2, -0.15) is 0 Å². The molecule has 246 valence electrons. The number of anilines is 2. The normalized spacial score (nSPS) is 11.4. The maximum absolute atomic E-state index is 5.20. The van der Waals surface area contributed by atoms with Crippen LogP contribution in [0.5, 0.6) is 0 Å². The first-order valence-corrected chi connectivity index (χ1v) is 17.4. The molecule has 0 saturated carbocycles. The van der Waals surface area contributed by atoms with Crippen LogP contribution in [0.4, 0.5) is 11.4 Å². The fourth-order valence-corrected chi connectivity index (χ4v) is 5.84. The van der Waals surface area contributed by atoms with Crippen molar-refractivity contribution < 1.29 is 0 Å². The number of hydrogen-bond acceptors (Lipinski definition) is 6. The monoisotopic (exact) mass is 636 g/mol. The summed E-state index contributed by atoms with van der Waals surface area (Å²) in [6.07, 6.45) is 16.4. The van der Waals surface area contributed by atoms with Gasteiger partial charge in [-0.3, -0.25) is 9.97 Å². The highest BCUT2D eigenvalue weighted by Crippen LogP contribution is 2.28. The van der Waals surface area contributed by atoms with Crippen molar-refractivity contribution in [3.05, 3.63) is 120 Å². The third-order valence-electron chi connectivity index (χ3n) is 8.12. The van der Waals surface area contributed by atoms with Crippen LogP contribution in [0.1, 0.15) is 75.9 Å². The molecule has 0 amide bonds. The van der Waals surface area contributed by atoms with Crippen LogP contribution in [-0.2, 0) is 0 Å². The Morgan fingerprint density at radius 3 is 1.15 bits per heavy atom. The van der Waals surface area contributed by atoms with Gasteiger partial charge in [0.2, 0.25) is 0 Å². The van der Waals surface area contributed by atoms with Gasteiger partial charge in [-0.1, -0.05) is 76.2 Å². The van der Waals surface area contributed by atoms with E-state index in [2.05, 4.69) is 108 Å². The molecule has 5 rings (SSSR count). The summed E-state index contributed by atoms with van der Waals surface area (Å²) in [4.78, 5) is 24.6. The van der Waals surface area contributed by atoms with E-state index in [0.717, 1.165) is 97.2 Å². The number of nitrogens with zero attached hydrogens (tertiary/aromatic N) is 6. The molecule has 6 heteroatoms. The molecule has 0 fully saturated rings. The van der Waals surface area contributed by atoms with Crippen molar-refractivity contribution in [2.24, 2.45) is 0 Å². The van der Waals surface area contributed by atoms with Gasteiger partial charge in [0, 0.05) is 49.9 Å². The largest absolute Gasteiger partial charge is 0.372 e. The van der Waals surface area contributed by atoms with Gasteiger partial charge in [0.1, 0.15) is 11.4 Å². The van der Waals surface area contributed by atoms with Crippen LogP contribution >= 0.6 is 0 Å². The smallest absolute Gasteiger partial charge is 0.115 e. The Morgan fingerprint density at radius 1 is 0.458 bits per heavy atom. The number of hydrogen-bond donors (Lipinski definition) is 0. The molecule has 48 heavy (non-hydrogen) atoms. The van der Waals surface area contributed by atoms with Crippen molar-refractivity contribution >= 4 is 35.7 Å². The lowest BCUT2D eigenvalue weighted by Gasteiger charge is -2.23. The summed E-state index contributed by atoms with van der Waals surface area (Å²) in [7, 11) is 0. The predicted molar refractivity (Wildman–Crippen MR) is 205 cm³/mol. The highest BCUT2D eigenvalue weighted by Gasteiger charge is 2.16. The fraction of sp³-hybridized carbons (Fsp3) is 0.286. The average molecular weight is 637 g/mol. The Morgan fingerprint density at radius 2 is 0.833 bits per heavy atom. The summed E-state index contributed by atoms with van der Waals surface area (Å²) < 4.78 is 0. The number of benzene rings is 2. The summed E-state index contributed by atoms with van der Waals surface area (Å²) in [5, 5.41) is 0. The third-order valence-corrected chi connectivity index (χ3v) is 8.12. The number of pyridine rings is 2. The minimum absolute atomic E-state index is 0.727. The van der Waals surface area contributed by atoms with Gasteiger partial charge in [-0.05, 0) is 97.5 Å². The molecule has 0 radical (unpaired) electrons. The van der Waals surface area contributed by atoms with Gasteiger partial charge < -0.3 is 9.80 Å². The van der Waals surface area contributed by atoms with Crippen LogP contribution in [0.2, 0.25) is 0 Å². The van der Waals surface area contributed by atoms with Gasteiger partial charge in [0.15, 0.2) is 0 Å². The summed E-state index contributed by atoms with van der Waals surface area (Å²) in [5.74, 6) is 0. The van der Waals surface area contributed by atoms with E-state index in [1.807, 2.05) is 48.6 Å². The topological polar surface area (TPSA) is 58.0 Å². The van der Waals surface area contributed by atoms with Crippen LogP contribution in [0.3, 0.4) is 0 Å². The van der Waals surface area contributed by atoms with Crippen molar-refractivity contribution in [2.75, 3.05) is 36.0 Å².